The van der Waals surface area contributed by atoms with Gasteiger partial charge in [-0.15, -0.1) is 0 Å². The van der Waals surface area contributed by atoms with E-state index in [1.807, 2.05) is 35.9 Å². The Morgan fingerprint density at radius 3 is 2.94 bits per heavy atom. The van der Waals surface area contributed by atoms with Crippen LogP contribution >= 0.6 is 22.9 Å². The zero-order valence-corrected chi connectivity index (χ0v) is 11.1. The van der Waals surface area contributed by atoms with Gasteiger partial charge in [0.05, 0.1) is 6.54 Å². The van der Waals surface area contributed by atoms with E-state index in [2.05, 4.69) is 8.62 Å². The highest BCUT2D eigenvalue weighted by atomic mass is 127. The van der Waals surface area contributed by atoms with Crippen LogP contribution in [0.1, 0.15) is 46.1 Å². The van der Waals surface area contributed by atoms with Gasteiger partial charge in [-0.3, -0.25) is 14.8 Å². The van der Waals surface area contributed by atoms with Crippen molar-refractivity contribution >= 4 is 28.8 Å². The summed E-state index contributed by atoms with van der Waals surface area (Å²) in [7, 11) is 0. The van der Waals surface area contributed by atoms with Crippen molar-refractivity contribution in [3.05, 3.63) is 28.6 Å². The van der Waals surface area contributed by atoms with E-state index in [0.29, 0.717) is 12.5 Å². The minimum Gasteiger partial charge on any atom is -0.268 e. The van der Waals surface area contributed by atoms with E-state index in [9.17, 15) is 4.79 Å². The Labute approximate surface area is 108 Å². The number of carbonyl (C=O) groups excluding carboxylic acids is 1. The third kappa shape index (κ3) is 1.53. The highest BCUT2D eigenvalue weighted by Gasteiger charge is 2.35. The van der Waals surface area contributed by atoms with Crippen LogP contribution in [-0.4, -0.2) is 15.9 Å². The Morgan fingerprint density at radius 2 is 2.31 bits per heavy atom. The molecular formula is C11H12IN3O. The number of aromatic nitrogens is 1. The summed E-state index contributed by atoms with van der Waals surface area (Å²) in [5.41, 5.74) is 4.06. The Bertz CT molecular complexity index is 471. The van der Waals surface area contributed by atoms with Gasteiger partial charge in [-0.25, -0.2) is 0 Å². The molecule has 1 aromatic rings. The molecule has 1 aliphatic carbocycles. The molecule has 0 saturated heterocycles. The molecular weight excluding hydrogens is 317 g/mol. The first-order chi connectivity index (χ1) is 7.70. The third-order valence-corrected chi connectivity index (χ3v) is 3.72. The SMILES string of the molecule is Cc1cc2c(c(C3CC3)n1)CN(NI)C2=O. The van der Waals surface area contributed by atoms with Crippen molar-refractivity contribution < 1.29 is 4.79 Å². The van der Waals surface area contributed by atoms with Gasteiger partial charge in [0.2, 0.25) is 0 Å². The second-order valence-electron chi connectivity index (χ2n) is 4.43. The number of rotatable bonds is 2. The van der Waals surface area contributed by atoms with Crippen molar-refractivity contribution in [2.75, 3.05) is 0 Å². The van der Waals surface area contributed by atoms with Gasteiger partial charge in [-0.2, -0.15) is 3.64 Å². The van der Waals surface area contributed by atoms with Crippen LogP contribution < -0.4 is 3.64 Å². The fourth-order valence-electron chi connectivity index (χ4n) is 2.22. The third-order valence-electron chi connectivity index (χ3n) is 3.14. The summed E-state index contributed by atoms with van der Waals surface area (Å²) in [5.74, 6) is 0.660. The minimum atomic E-state index is 0.0665. The molecule has 84 valence electrons. The molecule has 1 amide bonds. The summed E-state index contributed by atoms with van der Waals surface area (Å²) in [6.45, 7) is 2.61. The van der Waals surface area contributed by atoms with Crippen molar-refractivity contribution in [2.24, 2.45) is 0 Å². The Kier molecular flexibility index (Phi) is 2.39. The average Bonchev–Trinajstić information content (AvgIpc) is 3.05. The lowest BCUT2D eigenvalue weighted by atomic mass is 10.0. The first-order valence-corrected chi connectivity index (χ1v) is 6.47. The van der Waals surface area contributed by atoms with E-state index in [1.54, 1.807) is 5.01 Å². The molecule has 0 bridgehead atoms. The Balaban J connectivity index is 2.11. The zero-order valence-electron chi connectivity index (χ0n) is 8.96. The molecule has 3 rings (SSSR count). The Morgan fingerprint density at radius 1 is 1.56 bits per heavy atom. The van der Waals surface area contributed by atoms with Crippen LogP contribution in [-0.2, 0) is 6.54 Å². The summed E-state index contributed by atoms with van der Waals surface area (Å²) < 4.78 is 2.89. The summed E-state index contributed by atoms with van der Waals surface area (Å²) in [5, 5.41) is 1.64. The molecule has 0 radical (unpaired) electrons. The van der Waals surface area contributed by atoms with Crippen LogP contribution in [0.2, 0.25) is 0 Å². The van der Waals surface area contributed by atoms with Crippen molar-refractivity contribution in [1.82, 2.24) is 13.6 Å². The maximum atomic E-state index is 12.0. The molecule has 1 aliphatic heterocycles. The molecule has 0 unspecified atom stereocenters. The molecule has 4 nitrogen and oxygen atoms in total. The molecule has 2 heterocycles. The number of hydrazine groups is 1. The fourth-order valence-corrected chi connectivity index (χ4v) is 2.61. The molecule has 1 aromatic heterocycles. The van der Waals surface area contributed by atoms with Crippen LogP contribution in [0.25, 0.3) is 0 Å². The predicted molar refractivity (Wildman–Crippen MR) is 68.0 cm³/mol. The van der Waals surface area contributed by atoms with Gasteiger partial charge in [-0.1, -0.05) is 0 Å². The maximum Gasteiger partial charge on any atom is 0.269 e. The first kappa shape index (κ1) is 10.5. The molecule has 2 aliphatic rings. The van der Waals surface area contributed by atoms with Gasteiger partial charge in [0.15, 0.2) is 0 Å². The van der Waals surface area contributed by atoms with Gasteiger partial charge in [0.25, 0.3) is 5.91 Å². The summed E-state index contributed by atoms with van der Waals surface area (Å²) in [6, 6.07) is 1.90. The summed E-state index contributed by atoms with van der Waals surface area (Å²) in [6.07, 6.45) is 2.43. The van der Waals surface area contributed by atoms with Gasteiger partial charge in [0, 0.05) is 51.3 Å². The van der Waals surface area contributed by atoms with E-state index in [0.717, 1.165) is 22.5 Å². The molecule has 0 spiro atoms. The van der Waals surface area contributed by atoms with Crippen LogP contribution in [0, 0.1) is 6.92 Å². The van der Waals surface area contributed by atoms with E-state index >= 15 is 0 Å². The van der Waals surface area contributed by atoms with Gasteiger partial charge < -0.3 is 0 Å². The lowest BCUT2D eigenvalue weighted by molar-refractivity contribution is 0.0759. The van der Waals surface area contributed by atoms with Crippen molar-refractivity contribution in [2.45, 2.75) is 32.2 Å². The van der Waals surface area contributed by atoms with Gasteiger partial charge >= 0.3 is 0 Å². The first-order valence-electron chi connectivity index (χ1n) is 5.39. The quantitative estimate of drug-likeness (QED) is 0.667. The smallest absolute Gasteiger partial charge is 0.268 e. The molecule has 1 fully saturated rings. The normalized spacial score (nSPS) is 19.1. The Hall–Kier alpha value is -0.690. The molecule has 1 N–H and O–H groups in total. The number of hydrogen-bond donors (Lipinski definition) is 1. The van der Waals surface area contributed by atoms with Crippen LogP contribution in [0.15, 0.2) is 6.07 Å². The number of pyridine rings is 1. The van der Waals surface area contributed by atoms with E-state index in [1.165, 1.54) is 12.8 Å². The van der Waals surface area contributed by atoms with Crippen molar-refractivity contribution in [3.63, 3.8) is 0 Å². The highest BCUT2D eigenvalue weighted by molar-refractivity contribution is 14.1. The van der Waals surface area contributed by atoms with Gasteiger partial charge in [0.1, 0.15) is 0 Å². The minimum absolute atomic E-state index is 0.0665. The zero-order chi connectivity index (χ0) is 11.3. The van der Waals surface area contributed by atoms with E-state index in [-0.39, 0.29) is 5.91 Å². The number of nitrogens with zero attached hydrogens (tertiary/aromatic N) is 2. The lowest BCUT2D eigenvalue weighted by Gasteiger charge is -2.10. The molecule has 0 atom stereocenters. The van der Waals surface area contributed by atoms with Crippen LogP contribution in [0.4, 0.5) is 0 Å². The monoisotopic (exact) mass is 329 g/mol. The average molecular weight is 329 g/mol. The molecule has 1 saturated carbocycles. The number of halogens is 1. The lowest BCUT2D eigenvalue weighted by Crippen LogP contribution is -2.30. The van der Waals surface area contributed by atoms with Crippen LogP contribution in [0.5, 0.6) is 0 Å². The number of hydrogen-bond acceptors (Lipinski definition) is 3. The van der Waals surface area contributed by atoms with Crippen LogP contribution in [0.3, 0.4) is 0 Å². The standard InChI is InChI=1S/C11H12IN3O/c1-6-4-8-9(5-15(14-12)11(8)16)10(13-6)7-2-3-7/h4,7,14H,2-3,5H2,1H3. The molecule has 0 aromatic carbocycles. The number of nitrogens with one attached hydrogen (secondary N) is 1. The van der Waals surface area contributed by atoms with E-state index < -0.39 is 0 Å². The maximum absolute atomic E-state index is 12.0. The van der Waals surface area contributed by atoms with Crippen molar-refractivity contribution in [3.8, 4) is 0 Å². The topological polar surface area (TPSA) is 45.2 Å². The van der Waals surface area contributed by atoms with E-state index in [4.69, 9.17) is 0 Å². The molecule has 16 heavy (non-hydrogen) atoms. The number of fused-ring (bicyclic) bond motifs is 1. The number of carbonyl (C=O) groups is 1. The fraction of sp³-hybridized carbons (Fsp3) is 0.455. The second kappa shape index (κ2) is 3.66. The highest BCUT2D eigenvalue weighted by Crippen LogP contribution is 2.43. The second-order valence-corrected chi connectivity index (χ2v) is 4.91. The summed E-state index contributed by atoms with van der Waals surface area (Å²) >= 11 is 1.99. The summed E-state index contributed by atoms with van der Waals surface area (Å²) in [4.78, 5) is 16.6. The van der Waals surface area contributed by atoms with Gasteiger partial charge in [-0.05, 0) is 25.8 Å². The number of amides is 1. The van der Waals surface area contributed by atoms with Crippen molar-refractivity contribution in [1.29, 1.82) is 0 Å². The predicted octanol–water partition coefficient (Wildman–Crippen LogP) is 2.08. The largest absolute Gasteiger partial charge is 0.269 e. The number of aryl methyl sites for hydroxylation is 1. The molecule has 5 heteroatoms.